The second kappa shape index (κ2) is 3.56. The predicted molar refractivity (Wildman–Crippen MR) is 56.6 cm³/mol. The maximum atomic E-state index is 12.0. The van der Waals surface area contributed by atoms with Crippen molar-refractivity contribution in [2.75, 3.05) is 13.2 Å². The van der Waals surface area contributed by atoms with Gasteiger partial charge < -0.3 is 9.47 Å². The van der Waals surface area contributed by atoms with Gasteiger partial charge in [0.2, 0.25) is 0 Å². The van der Waals surface area contributed by atoms with E-state index < -0.39 is 0 Å². The molecule has 1 saturated heterocycles. The molecule has 84 valence electrons. The van der Waals surface area contributed by atoms with Crippen molar-refractivity contribution in [1.29, 1.82) is 0 Å². The Balaban J connectivity index is 1.96. The number of hydrogen-bond donors (Lipinski definition) is 0. The molecular weight excluding hydrogens is 206 g/mol. The minimum Gasteiger partial charge on any atom is -0.484 e. The third kappa shape index (κ3) is 1.50. The first-order valence-corrected chi connectivity index (χ1v) is 5.53. The first kappa shape index (κ1) is 9.78. The fraction of sp³-hybridized carbons (Fsp3) is 0.500. The van der Waals surface area contributed by atoms with Crippen LogP contribution in [0.3, 0.4) is 0 Å². The minimum atomic E-state index is -0.342. The van der Waals surface area contributed by atoms with Crippen molar-refractivity contribution >= 4 is 5.78 Å². The summed E-state index contributed by atoms with van der Waals surface area (Å²) in [6, 6.07) is 1.73. The van der Waals surface area contributed by atoms with Crippen LogP contribution in [0.1, 0.15) is 29.6 Å². The van der Waals surface area contributed by atoms with E-state index >= 15 is 0 Å². The fourth-order valence-electron chi connectivity index (χ4n) is 2.37. The summed E-state index contributed by atoms with van der Waals surface area (Å²) >= 11 is 0. The summed E-state index contributed by atoms with van der Waals surface area (Å²) < 4.78 is 11.3. The summed E-state index contributed by atoms with van der Waals surface area (Å²) in [5, 5.41) is 0. The number of hydrogen-bond acceptors (Lipinski definition) is 4. The molecule has 1 aromatic heterocycles. The number of pyridine rings is 1. The third-order valence-electron chi connectivity index (χ3n) is 3.30. The molecule has 2 aliphatic heterocycles. The number of nitrogens with zero attached hydrogens (tertiary/aromatic N) is 1. The number of carbonyl (C=O) groups is 1. The second-order valence-electron chi connectivity index (χ2n) is 4.37. The first-order chi connectivity index (χ1) is 7.79. The average Bonchev–Trinajstić information content (AvgIpc) is 2.30. The molecule has 0 N–H and O–H groups in total. The molecule has 1 aromatic rings. The van der Waals surface area contributed by atoms with Gasteiger partial charge in [0.1, 0.15) is 11.4 Å². The normalized spacial score (nSPS) is 22.6. The summed E-state index contributed by atoms with van der Waals surface area (Å²) in [5.41, 5.74) is 0.317. The van der Waals surface area contributed by atoms with E-state index in [0.717, 1.165) is 12.8 Å². The van der Waals surface area contributed by atoms with Gasteiger partial charge in [0, 0.05) is 19.0 Å². The van der Waals surface area contributed by atoms with E-state index in [9.17, 15) is 4.79 Å². The summed E-state index contributed by atoms with van der Waals surface area (Å²) in [5.74, 6) is 0.784. The highest BCUT2D eigenvalue weighted by Crippen LogP contribution is 2.38. The SMILES string of the molecule is O=C1CC2(CCOCC2)Oc2cnccc21. The van der Waals surface area contributed by atoms with Gasteiger partial charge in [-0.3, -0.25) is 9.78 Å². The van der Waals surface area contributed by atoms with Crippen LogP contribution in [0.25, 0.3) is 0 Å². The van der Waals surface area contributed by atoms with E-state index in [4.69, 9.17) is 9.47 Å². The number of aromatic nitrogens is 1. The maximum absolute atomic E-state index is 12.0. The minimum absolute atomic E-state index is 0.158. The van der Waals surface area contributed by atoms with Crippen LogP contribution >= 0.6 is 0 Å². The fourth-order valence-corrected chi connectivity index (χ4v) is 2.37. The molecule has 0 bridgehead atoms. The largest absolute Gasteiger partial charge is 0.484 e. The highest BCUT2D eigenvalue weighted by atomic mass is 16.5. The maximum Gasteiger partial charge on any atom is 0.170 e. The van der Waals surface area contributed by atoms with Gasteiger partial charge in [0.15, 0.2) is 5.78 Å². The Morgan fingerprint density at radius 3 is 2.94 bits per heavy atom. The second-order valence-corrected chi connectivity index (χ2v) is 4.37. The Labute approximate surface area is 93.6 Å². The van der Waals surface area contributed by atoms with Gasteiger partial charge in [-0.25, -0.2) is 0 Å². The molecule has 0 atom stereocenters. The van der Waals surface area contributed by atoms with Gasteiger partial charge in [-0.1, -0.05) is 0 Å². The smallest absolute Gasteiger partial charge is 0.170 e. The zero-order valence-corrected chi connectivity index (χ0v) is 8.94. The molecule has 3 rings (SSSR count). The van der Waals surface area contributed by atoms with E-state index in [-0.39, 0.29) is 11.4 Å². The van der Waals surface area contributed by atoms with Crippen LogP contribution in [0.5, 0.6) is 5.75 Å². The van der Waals surface area contributed by atoms with E-state index in [1.54, 1.807) is 18.5 Å². The van der Waals surface area contributed by atoms with Crippen molar-refractivity contribution in [1.82, 2.24) is 4.98 Å². The Hall–Kier alpha value is -1.42. The molecule has 0 aliphatic carbocycles. The summed E-state index contributed by atoms with van der Waals surface area (Å²) in [4.78, 5) is 16.0. The van der Waals surface area contributed by atoms with Crippen LogP contribution < -0.4 is 4.74 Å². The van der Waals surface area contributed by atoms with Crippen molar-refractivity contribution in [2.45, 2.75) is 24.9 Å². The zero-order valence-electron chi connectivity index (χ0n) is 8.94. The topological polar surface area (TPSA) is 48.4 Å². The molecule has 4 nitrogen and oxygen atoms in total. The molecule has 4 heteroatoms. The molecule has 1 fully saturated rings. The molecule has 0 unspecified atom stereocenters. The standard InChI is InChI=1S/C12H13NO3/c14-10-7-12(2-5-15-6-3-12)16-11-8-13-4-1-9(10)11/h1,4,8H,2-3,5-7H2. The van der Waals surface area contributed by atoms with Gasteiger partial charge >= 0.3 is 0 Å². The number of Topliss-reactive ketones (excluding diaryl/α,β-unsaturated/α-hetero) is 1. The summed E-state index contributed by atoms with van der Waals surface area (Å²) in [7, 11) is 0. The summed E-state index contributed by atoms with van der Waals surface area (Å²) in [6.45, 7) is 1.34. The predicted octanol–water partition coefficient (Wildman–Crippen LogP) is 1.60. The molecule has 0 amide bonds. The Morgan fingerprint density at radius 1 is 1.31 bits per heavy atom. The molecule has 16 heavy (non-hydrogen) atoms. The van der Waals surface area contributed by atoms with Crippen LogP contribution in [0, 0.1) is 0 Å². The number of carbonyl (C=O) groups excluding carboxylic acids is 1. The Kier molecular flexibility index (Phi) is 2.17. The number of fused-ring (bicyclic) bond motifs is 1. The third-order valence-corrected chi connectivity index (χ3v) is 3.30. The number of rotatable bonds is 0. The van der Waals surface area contributed by atoms with Gasteiger partial charge in [-0.05, 0) is 6.07 Å². The van der Waals surface area contributed by atoms with Crippen molar-refractivity contribution in [3.05, 3.63) is 24.0 Å². The first-order valence-electron chi connectivity index (χ1n) is 5.53. The monoisotopic (exact) mass is 219 g/mol. The molecular formula is C12H13NO3. The van der Waals surface area contributed by atoms with Crippen molar-refractivity contribution in [2.24, 2.45) is 0 Å². The van der Waals surface area contributed by atoms with E-state index in [1.807, 2.05) is 0 Å². The van der Waals surface area contributed by atoms with Crippen LogP contribution in [0.2, 0.25) is 0 Å². The lowest BCUT2D eigenvalue weighted by Gasteiger charge is -2.40. The van der Waals surface area contributed by atoms with E-state index in [2.05, 4.69) is 4.98 Å². The number of ketones is 1. The Morgan fingerprint density at radius 2 is 2.12 bits per heavy atom. The molecule has 3 heterocycles. The van der Waals surface area contributed by atoms with Crippen LogP contribution in [-0.4, -0.2) is 29.6 Å². The Bertz CT molecular complexity index is 424. The average molecular weight is 219 g/mol. The zero-order chi connectivity index (χ0) is 11.0. The highest BCUT2D eigenvalue weighted by Gasteiger charge is 2.41. The molecule has 0 saturated carbocycles. The number of ether oxygens (including phenoxy) is 2. The van der Waals surface area contributed by atoms with E-state index in [0.29, 0.717) is 30.9 Å². The van der Waals surface area contributed by atoms with Crippen molar-refractivity contribution < 1.29 is 14.3 Å². The van der Waals surface area contributed by atoms with Crippen molar-refractivity contribution in [3.63, 3.8) is 0 Å². The van der Waals surface area contributed by atoms with Crippen LogP contribution in [0.15, 0.2) is 18.5 Å². The van der Waals surface area contributed by atoms with Crippen LogP contribution in [-0.2, 0) is 4.74 Å². The quantitative estimate of drug-likeness (QED) is 0.665. The lowest BCUT2D eigenvalue weighted by Crippen LogP contribution is -2.46. The lowest BCUT2D eigenvalue weighted by atomic mass is 9.84. The van der Waals surface area contributed by atoms with Gasteiger partial charge in [-0.15, -0.1) is 0 Å². The van der Waals surface area contributed by atoms with Crippen LogP contribution in [0.4, 0.5) is 0 Å². The van der Waals surface area contributed by atoms with Gasteiger partial charge in [0.05, 0.1) is 31.4 Å². The highest BCUT2D eigenvalue weighted by molar-refractivity contribution is 6.00. The lowest BCUT2D eigenvalue weighted by molar-refractivity contribution is -0.0506. The van der Waals surface area contributed by atoms with E-state index in [1.165, 1.54) is 0 Å². The summed E-state index contributed by atoms with van der Waals surface area (Å²) in [6.07, 6.45) is 5.29. The molecule has 0 radical (unpaired) electrons. The van der Waals surface area contributed by atoms with Gasteiger partial charge in [-0.2, -0.15) is 0 Å². The molecule has 2 aliphatic rings. The van der Waals surface area contributed by atoms with Crippen molar-refractivity contribution in [3.8, 4) is 5.75 Å². The van der Waals surface area contributed by atoms with Gasteiger partial charge in [0.25, 0.3) is 0 Å². The molecule has 1 spiro atoms. The molecule has 0 aromatic carbocycles.